The summed E-state index contributed by atoms with van der Waals surface area (Å²) in [6.45, 7) is 2.76. The van der Waals surface area contributed by atoms with Crippen molar-refractivity contribution in [3.8, 4) is 11.5 Å². The van der Waals surface area contributed by atoms with E-state index in [0.717, 1.165) is 53.0 Å². The molecule has 0 aliphatic carbocycles. The fraction of sp³-hybridized carbons (Fsp3) is 0.333. The van der Waals surface area contributed by atoms with E-state index >= 15 is 0 Å². The zero-order valence-electron chi connectivity index (χ0n) is 17.5. The number of benzene rings is 3. The molecule has 0 saturated heterocycles. The van der Waals surface area contributed by atoms with Crippen molar-refractivity contribution in [1.29, 1.82) is 0 Å². The first kappa shape index (κ1) is 21.4. The summed E-state index contributed by atoms with van der Waals surface area (Å²) in [6.07, 6.45) is 3.32. The molecule has 2 N–H and O–H groups in total. The lowest BCUT2D eigenvalue weighted by molar-refractivity contribution is -0.118. The molecule has 0 unspecified atom stereocenters. The Balaban J connectivity index is 1.64. The molecular formula is C24H28N2O4. The predicted octanol–water partition coefficient (Wildman–Crippen LogP) is 4.79. The van der Waals surface area contributed by atoms with Crippen LogP contribution in [0.5, 0.6) is 11.5 Å². The second kappa shape index (κ2) is 10.5. The predicted molar refractivity (Wildman–Crippen MR) is 119 cm³/mol. The summed E-state index contributed by atoms with van der Waals surface area (Å²) < 4.78 is 11.4. The van der Waals surface area contributed by atoms with Gasteiger partial charge < -0.3 is 20.1 Å². The number of carbonyl (C=O) groups excluding carboxylic acids is 2. The van der Waals surface area contributed by atoms with Crippen LogP contribution in [0, 0.1) is 0 Å². The van der Waals surface area contributed by atoms with Crippen LogP contribution in [0.15, 0.2) is 48.5 Å². The zero-order valence-corrected chi connectivity index (χ0v) is 17.5. The van der Waals surface area contributed by atoms with Crippen LogP contribution >= 0.6 is 0 Å². The van der Waals surface area contributed by atoms with Crippen LogP contribution in [0.3, 0.4) is 0 Å². The fourth-order valence-corrected chi connectivity index (χ4v) is 3.57. The van der Waals surface area contributed by atoms with E-state index in [0.29, 0.717) is 18.8 Å². The van der Waals surface area contributed by atoms with E-state index in [1.807, 2.05) is 48.5 Å². The third kappa shape index (κ3) is 5.20. The van der Waals surface area contributed by atoms with Gasteiger partial charge >= 0.3 is 6.09 Å². The second-order valence-electron chi connectivity index (χ2n) is 7.17. The summed E-state index contributed by atoms with van der Waals surface area (Å²) in [5.74, 6) is 1.31. The maximum atomic E-state index is 12.5. The molecule has 0 saturated carbocycles. The summed E-state index contributed by atoms with van der Waals surface area (Å²) >= 11 is 0. The van der Waals surface area contributed by atoms with Crippen LogP contribution < -0.4 is 20.1 Å². The van der Waals surface area contributed by atoms with E-state index in [4.69, 9.17) is 9.47 Å². The smallest absolute Gasteiger partial charge is 0.412 e. The number of fused-ring (bicyclic) bond motifs is 2. The quantitative estimate of drug-likeness (QED) is 0.394. The Morgan fingerprint density at radius 2 is 1.20 bits per heavy atom. The van der Waals surface area contributed by atoms with Crippen molar-refractivity contribution >= 4 is 33.5 Å². The normalized spacial score (nSPS) is 10.7. The lowest BCUT2D eigenvalue weighted by Gasteiger charge is -2.15. The van der Waals surface area contributed by atoms with Gasteiger partial charge in [-0.3, -0.25) is 4.79 Å². The molecule has 0 spiro atoms. The molecule has 0 aliphatic heterocycles. The third-order valence-electron chi connectivity index (χ3n) is 4.98. The highest BCUT2D eigenvalue weighted by Gasteiger charge is 2.17. The molecule has 2 amide bonds. The topological polar surface area (TPSA) is 76.7 Å². The van der Waals surface area contributed by atoms with Crippen LogP contribution in [0.25, 0.3) is 21.5 Å². The summed E-state index contributed by atoms with van der Waals surface area (Å²) in [7, 11) is 1.65. The number of carbonyl (C=O) groups is 2. The molecule has 3 aromatic rings. The Kier molecular flexibility index (Phi) is 7.49. The molecular weight excluding hydrogens is 380 g/mol. The van der Waals surface area contributed by atoms with Gasteiger partial charge in [0.05, 0.1) is 7.11 Å². The molecule has 6 nitrogen and oxygen atoms in total. The van der Waals surface area contributed by atoms with Crippen molar-refractivity contribution in [2.24, 2.45) is 0 Å². The molecule has 0 bridgehead atoms. The summed E-state index contributed by atoms with van der Waals surface area (Å²) in [5, 5.41) is 9.09. The molecule has 3 rings (SSSR count). The van der Waals surface area contributed by atoms with Crippen LogP contribution in [0.2, 0.25) is 0 Å². The highest BCUT2D eigenvalue weighted by atomic mass is 16.6. The number of unbranched alkanes of at least 4 members (excludes halogenated alkanes) is 3. The largest absolute Gasteiger partial charge is 0.495 e. The highest BCUT2D eigenvalue weighted by Crippen LogP contribution is 2.42. The standard InChI is InChI=1S/C24H28N2O4/c1-17(27)25-15-9-3-4-10-16-26-24(28)30-23-20-13-7-5-11-18(20)22(29-2)19-12-6-8-14-21(19)23/h5-8,11-14H,3-4,9-10,15-16H2,1-2H3,(H,25,27)(H,26,28). The van der Waals surface area contributed by atoms with E-state index in [1.54, 1.807) is 7.11 Å². The van der Waals surface area contributed by atoms with Gasteiger partial charge in [-0.15, -0.1) is 0 Å². The monoisotopic (exact) mass is 408 g/mol. The van der Waals surface area contributed by atoms with Crippen molar-refractivity contribution in [2.75, 3.05) is 20.2 Å². The van der Waals surface area contributed by atoms with Gasteiger partial charge in [0.25, 0.3) is 0 Å². The van der Waals surface area contributed by atoms with Gasteiger partial charge in [0.1, 0.15) is 11.5 Å². The van der Waals surface area contributed by atoms with E-state index in [9.17, 15) is 9.59 Å². The summed E-state index contributed by atoms with van der Waals surface area (Å²) in [4.78, 5) is 23.3. The van der Waals surface area contributed by atoms with Gasteiger partial charge in [-0.05, 0) is 12.8 Å². The molecule has 0 fully saturated rings. The zero-order chi connectivity index (χ0) is 21.3. The third-order valence-corrected chi connectivity index (χ3v) is 4.98. The SMILES string of the molecule is COc1c2ccccc2c(OC(=O)NCCCCCCNC(C)=O)c2ccccc12. The number of rotatable bonds is 9. The molecule has 0 radical (unpaired) electrons. The van der Waals surface area contributed by atoms with E-state index in [2.05, 4.69) is 10.6 Å². The van der Waals surface area contributed by atoms with E-state index < -0.39 is 6.09 Å². The maximum absolute atomic E-state index is 12.5. The first-order valence-electron chi connectivity index (χ1n) is 10.3. The lowest BCUT2D eigenvalue weighted by atomic mass is 10.0. The lowest BCUT2D eigenvalue weighted by Crippen LogP contribution is -2.28. The highest BCUT2D eigenvalue weighted by molar-refractivity contribution is 6.11. The molecule has 6 heteroatoms. The van der Waals surface area contributed by atoms with Crippen molar-refractivity contribution in [3.05, 3.63) is 48.5 Å². The van der Waals surface area contributed by atoms with Gasteiger partial charge in [-0.2, -0.15) is 0 Å². The average Bonchev–Trinajstić information content (AvgIpc) is 2.75. The van der Waals surface area contributed by atoms with Crippen LogP contribution in [-0.4, -0.2) is 32.2 Å². The molecule has 158 valence electrons. The minimum absolute atomic E-state index is 0.00186. The Morgan fingerprint density at radius 3 is 1.67 bits per heavy atom. The number of hydrogen-bond acceptors (Lipinski definition) is 4. The van der Waals surface area contributed by atoms with Crippen molar-refractivity contribution in [2.45, 2.75) is 32.6 Å². The molecule has 0 aliphatic rings. The molecule has 0 aromatic heterocycles. The number of methoxy groups -OCH3 is 1. The number of ether oxygens (including phenoxy) is 2. The first-order chi connectivity index (χ1) is 14.6. The average molecular weight is 408 g/mol. The maximum Gasteiger partial charge on any atom is 0.412 e. The van der Waals surface area contributed by atoms with Crippen LogP contribution in [-0.2, 0) is 4.79 Å². The minimum Gasteiger partial charge on any atom is -0.495 e. The first-order valence-corrected chi connectivity index (χ1v) is 10.3. The summed E-state index contributed by atoms with van der Waals surface area (Å²) in [5.41, 5.74) is 0. The Bertz CT molecular complexity index is 975. The fourth-order valence-electron chi connectivity index (χ4n) is 3.57. The van der Waals surface area contributed by atoms with E-state index in [1.165, 1.54) is 6.92 Å². The van der Waals surface area contributed by atoms with Gasteiger partial charge in [0.15, 0.2) is 0 Å². The second-order valence-corrected chi connectivity index (χ2v) is 7.17. The van der Waals surface area contributed by atoms with Crippen LogP contribution in [0.1, 0.15) is 32.6 Å². The molecule has 0 heterocycles. The minimum atomic E-state index is -0.464. The van der Waals surface area contributed by atoms with Crippen molar-refractivity contribution < 1.29 is 19.1 Å². The van der Waals surface area contributed by atoms with Crippen LogP contribution in [0.4, 0.5) is 4.79 Å². The van der Waals surface area contributed by atoms with E-state index in [-0.39, 0.29) is 5.91 Å². The van der Waals surface area contributed by atoms with Crippen molar-refractivity contribution in [1.82, 2.24) is 10.6 Å². The number of nitrogens with one attached hydrogen (secondary N) is 2. The Labute approximate surface area is 176 Å². The van der Waals surface area contributed by atoms with Gasteiger partial charge in [0.2, 0.25) is 5.91 Å². The summed E-state index contributed by atoms with van der Waals surface area (Å²) in [6, 6.07) is 15.5. The molecule has 3 aromatic carbocycles. The van der Waals surface area contributed by atoms with Gasteiger partial charge in [0, 0.05) is 41.6 Å². The Hall–Kier alpha value is -3.28. The molecule has 0 atom stereocenters. The van der Waals surface area contributed by atoms with Gasteiger partial charge in [-0.1, -0.05) is 61.4 Å². The Morgan fingerprint density at radius 1 is 0.733 bits per heavy atom. The number of hydrogen-bond donors (Lipinski definition) is 2. The van der Waals surface area contributed by atoms with Gasteiger partial charge in [-0.25, -0.2) is 4.79 Å². The molecule has 30 heavy (non-hydrogen) atoms. The number of amides is 2. The van der Waals surface area contributed by atoms with Crippen molar-refractivity contribution in [3.63, 3.8) is 0 Å².